The molecule has 1 heterocycles. The quantitative estimate of drug-likeness (QED) is 0.725. The van der Waals surface area contributed by atoms with Gasteiger partial charge in [-0.15, -0.1) is 6.58 Å². The van der Waals surface area contributed by atoms with Crippen molar-refractivity contribution in [1.29, 1.82) is 0 Å². The van der Waals surface area contributed by atoms with E-state index in [4.69, 9.17) is 0 Å². The summed E-state index contributed by atoms with van der Waals surface area (Å²) in [5.41, 5.74) is 1.23. The van der Waals surface area contributed by atoms with E-state index < -0.39 is 0 Å². The van der Waals surface area contributed by atoms with Crippen LogP contribution in [0, 0.1) is 0 Å². The molecule has 3 heteroatoms. The molecule has 2 atom stereocenters. The van der Waals surface area contributed by atoms with E-state index in [1.807, 2.05) is 30.2 Å². The Kier molecular flexibility index (Phi) is 3.89. The van der Waals surface area contributed by atoms with Crippen LogP contribution in [0.25, 0.3) is 0 Å². The van der Waals surface area contributed by atoms with Crippen LogP contribution in [0.4, 0.5) is 0 Å². The van der Waals surface area contributed by atoms with Gasteiger partial charge in [-0.2, -0.15) is 5.10 Å². The van der Waals surface area contributed by atoms with Crippen molar-refractivity contribution in [2.45, 2.75) is 32.4 Å². The lowest BCUT2D eigenvalue weighted by atomic mass is 10.1. The van der Waals surface area contributed by atoms with E-state index in [1.54, 1.807) is 0 Å². The van der Waals surface area contributed by atoms with Crippen LogP contribution in [0.2, 0.25) is 0 Å². The fourth-order valence-electron chi connectivity index (χ4n) is 1.50. The van der Waals surface area contributed by atoms with Gasteiger partial charge in [0.1, 0.15) is 0 Å². The topological polar surface area (TPSA) is 29.9 Å². The summed E-state index contributed by atoms with van der Waals surface area (Å²) in [7, 11) is 1.93. The fourth-order valence-corrected chi connectivity index (χ4v) is 1.50. The predicted octanol–water partition coefficient (Wildman–Crippen LogP) is 2.04. The van der Waals surface area contributed by atoms with Crippen molar-refractivity contribution in [3.8, 4) is 0 Å². The van der Waals surface area contributed by atoms with Gasteiger partial charge in [0.05, 0.1) is 6.20 Å². The minimum absolute atomic E-state index is 0.346. The van der Waals surface area contributed by atoms with Gasteiger partial charge in [-0.3, -0.25) is 4.68 Å². The number of nitrogens with zero attached hydrogens (tertiary/aromatic N) is 2. The molecule has 0 aromatic carbocycles. The summed E-state index contributed by atoms with van der Waals surface area (Å²) in [6, 6.07) is 0.807. The van der Waals surface area contributed by atoms with E-state index in [-0.39, 0.29) is 0 Å². The molecule has 14 heavy (non-hydrogen) atoms. The van der Waals surface area contributed by atoms with Crippen molar-refractivity contribution in [3.05, 3.63) is 30.6 Å². The number of hydrogen-bond donors (Lipinski definition) is 1. The second-order valence-corrected chi connectivity index (χ2v) is 3.76. The highest BCUT2D eigenvalue weighted by molar-refractivity contribution is 5.09. The average Bonchev–Trinajstić information content (AvgIpc) is 2.52. The zero-order valence-corrected chi connectivity index (χ0v) is 9.20. The standard InChI is InChI=1S/C11H19N3/c1-5-6-9(2)13-10(3)11-7-12-14(4)8-11/h5,7-10,13H,1,6H2,2-4H3. The van der Waals surface area contributed by atoms with E-state index >= 15 is 0 Å². The summed E-state index contributed by atoms with van der Waals surface area (Å²) >= 11 is 0. The summed E-state index contributed by atoms with van der Waals surface area (Å²) in [6.07, 6.45) is 6.87. The van der Waals surface area contributed by atoms with Gasteiger partial charge in [-0.1, -0.05) is 6.08 Å². The SMILES string of the molecule is C=CCC(C)NC(C)c1cnn(C)c1. The highest BCUT2D eigenvalue weighted by Gasteiger charge is 2.09. The fraction of sp³-hybridized carbons (Fsp3) is 0.545. The highest BCUT2D eigenvalue weighted by atomic mass is 15.2. The van der Waals surface area contributed by atoms with Crippen LogP contribution in [-0.2, 0) is 7.05 Å². The average molecular weight is 193 g/mol. The van der Waals surface area contributed by atoms with Crippen LogP contribution in [0.15, 0.2) is 25.0 Å². The number of hydrogen-bond acceptors (Lipinski definition) is 2. The molecule has 1 N–H and O–H groups in total. The Morgan fingerprint density at radius 3 is 2.86 bits per heavy atom. The first-order valence-corrected chi connectivity index (χ1v) is 4.99. The monoisotopic (exact) mass is 193 g/mol. The third-order valence-corrected chi connectivity index (χ3v) is 2.28. The molecule has 0 aliphatic rings. The molecule has 0 radical (unpaired) electrons. The van der Waals surface area contributed by atoms with Gasteiger partial charge in [0.2, 0.25) is 0 Å². The van der Waals surface area contributed by atoms with E-state index in [9.17, 15) is 0 Å². The maximum Gasteiger partial charge on any atom is 0.0537 e. The molecule has 2 unspecified atom stereocenters. The maximum absolute atomic E-state index is 4.15. The van der Waals surface area contributed by atoms with E-state index in [0.717, 1.165) is 6.42 Å². The first-order chi connectivity index (χ1) is 6.63. The van der Waals surface area contributed by atoms with Gasteiger partial charge in [-0.05, 0) is 20.3 Å². The Labute approximate surface area is 85.8 Å². The number of nitrogens with one attached hydrogen (secondary N) is 1. The van der Waals surface area contributed by atoms with E-state index in [2.05, 4.69) is 30.8 Å². The Hall–Kier alpha value is -1.09. The first-order valence-electron chi connectivity index (χ1n) is 4.99. The molecule has 0 amide bonds. The van der Waals surface area contributed by atoms with Crippen LogP contribution in [0.3, 0.4) is 0 Å². The molecule has 0 spiro atoms. The Balaban J connectivity index is 2.49. The third-order valence-electron chi connectivity index (χ3n) is 2.28. The molecule has 0 fully saturated rings. The van der Waals surface area contributed by atoms with Gasteiger partial charge >= 0.3 is 0 Å². The molecule has 3 nitrogen and oxygen atoms in total. The Morgan fingerprint density at radius 1 is 1.64 bits per heavy atom. The molecular formula is C11H19N3. The van der Waals surface area contributed by atoms with Crippen molar-refractivity contribution < 1.29 is 0 Å². The molecule has 0 aliphatic carbocycles. The minimum atomic E-state index is 0.346. The summed E-state index contributed by atoms with van der Waals surface area (Å²) in [6.45, 7) is 8.04. The van der Waals surface area contributed by atoms with Crippen molar-refractivity contribution in [3.63, 3.8) is 0 Å². The maximum atomic E-state index is 4.15. The number of rotatable bonds is 5. The smallest absolute Gasteiger partial charge is 0.0537 e. The molecule has 1 aromatic heterocycles. The lowest BCUT2D eigenvalue weighted by Gasteiger charge is -2.17. The van der Waals surface area contributed by atoms with Crippen LogP contribution < -0.4 is 5.32 Å². The number of aromatic nitrogens is 2. The summed E-state index contributed by atoms with van der Waals surface area (Å²) in [5, 5.41) is 7.63. The molecule has 0 aliphatic heterocycles. The predicted molar refractivity (Wildman–Crippen MR) is 59.0 cm³/mol. The van der Waals surface area contributed by atoms with E-state index in [1.165, 1.54) is 5.56 Å². The number of aryl methyl sites for hydroxylation is 1. The normalized spacial score (nSPS) is 15.1. The lowest BCUT2D eigenvalue weighted by molar-refractivity contribution is 0.482. The second-order valence-electron chi connectivity index (χ2n) is 3.76. The third kappa shape index (κ3) is 3.00. The van der Waals surface area contributed by atoms with Gasteiger partial charge in [0, 0.05) is 30.9 Å². The largest absolute Gasteiger partial charge is 0.307 e. The lowest BCUT2D eigenvalue weighted by Crippen LogP contribution is -2.28. The molecule has 0 saturated carbocycles. The molecule has 0 saturated heterocycles. The zero-order valence-electron chi connectivity index (χ0n) is 9.20. The molecule has 1 rings (SSSR count). The van der Waals surface area contributed by atoms with Crippen molar-refractivity contribution in [1.82, 2.24) is 15.1 Å². The Bertz CT molecular complexity index is 290. The minimum Gasteiger partial charge on any atom is -0.307 e. The molecular weight excluding hydrogens is 174 g/mol. The van der Waals surface area contributed by atoms with Crippen molar-refractivity contribution in [2.24, 2.45) is 7.05 Å². The van der Waals surface area contributed by atoms with Crippen LogP contribution in [0.1, 0.15) is 31.9 Å². The van der Waals surface area contributed by atoms with Gasteiger partial charge < -0.3 is 5.32 Å². The van der Waals surface area contributed by atoms with Gasteiger partial charge in [0.25, 0.3) is 0 Å². The highest BCUT2D eigenvalue weighted by Crippen LogP contribution is 2.11. The van der Waals surface area contributed by atoms with Crippen molar-refractivity contribution >= 4 is 0 Å². The van der Waals surface area contributed by atoms with Crippen LogP contribution >= 0.6 is 0 Å². The summed E-state index contributed by atoms with van der Waals surface area (Å²) in [4.78, 5) is 0. The van der Waals surface area contributed by atoms with Crippen molar-refractivity contribution in [2.75, 3.05) is 0 Å². The first kappa shape index (κ1) is 11.0. The van der Waals surface area contributed by atoms with Gasteiger partial charge in [0.15, 0.2) is 0 Å². The second kappa shape index (κ2) is 4.96. The Morgan fingerprint density at radius 2 is 2.36 bits per heavy atom. The summed E-state index contributed by atoms with van der Waals surface area (Å²) in [5.74, 6) is 0. The van der Waals surface area contributed by atoms with Crippen LogP contribution in [0.5, 0.6) is 0 Å². The molecule has 78 valence electrons. The van der Waals surface area contributed by atoms with Crippen LogP contribution in [-0.4, -0.2) is 15.8 Å². The molecule has 0 bridgehead atoms. The van der Waals surface area contributed by atoms with E-state index in [0.29, 0.717) is 12.1 Å². The summed E-state index contributed by atoms with van der Waals surface area (Å²) < 4.78 is 1.83. The zero-order chi connectivity index (χ0) is 10.6. The molecule has 1 aromatic rings. The van der Waals surface area contributed by atoms with Gasteiger partial charge in [-0.25, -0.2) is 0 Å².